The van der Waals surface area contributed by atoms with Crippen molar-refractivity contribution in [3.05, 3.63) is 204 Å². The fourth-order valence-corrected chi connectivity index (χ4v) is 10.1. The first kappa shape index (κ1) is 31.1. The third-order valence-corrected chi connectivity index (χ3v) is 12.8. The Morgan fingerprint density at radius 3 is 1.39 bits per heavy atom. The van der Waals surface area contributed by atoms with Gasteiger partial charge in [-0.1, -0.05) is 188 Å². The highest BCUT2D eigenvalue weighted by Crippen LogP contribution is 2.48. The highest BCUT2D eigenvalue weighted by Gasteiger charge is 2.36. The average molecular weight is 646 g/mol. The molecule has 0 heterocycles. The maximum atomic E-state index is 2.47. The van der Waals surface area contributed by atoms with Gasteiger partial charge in [-0.15, -0.1) is 0 Å². The van der Waals surface area contributed by atoms with Crippen molar-refractivity contribution in [2.75, 3.05) is 0 Å². The van der Waals surface area contributed by atoms with Crippen LogP contribution in [-0.4, -0.2) is 6.71 Å². The number of hydrogen-bond donors (Lipinski definition) is 0. The molecular weight excluding hydrogens is 606 g/mol. The number of hydrogen-bond acceptors (Lipinski definition) is 0. The standard InChI is InChI=1S/C47H38BP/c1-47(2)45-33-36(24-23-35-25-29-42(30-26-35)49(40-19-11-5-12-20-40)41-21-13-6-14-22-41)27-31-43(45)44-32-28-39(34-46(44)47)48(37-15-7-3-8-16-37)38-17-9-4-10-18-38/h3-34H,1-2H3/p+1/b24-23+. The molecule has 1 aliphatic rings. The summed E-state index contributed by atoms with van der Waals surface area (Å²) < 4.78 is 0. The van der Waals surface area contributed by atoms with E-state index in [0.717, 1.165) is 0 Å². The van der Waals surface area contributed by atoms with E-state index in [0.29, 0.717) is 0 Å². The van der Waals surface area contributed by atoms with Gasteiger partial charge in [0.15, 0.2) is 0 Å². The summed E-state index contributed by atoms with van der Waals surface area (Å²) in [5.74, 6) is 0. The number of rotatable bonds is 8. The highest BCUT2D eigenvalue weighted by molar-refractivity contribution is 7.79. The van der Waals surface area contributed by atoms with Crippen molar-refractivity contribution < 1.29 is 0 Å². The molecule has 0 saturated heterocycles. The van der Waals surface area contributed by atoms with Crippen molar-refractivity contribution in [3.8, 4) is 11.1 Å². The van der Waals surface area contributed by atoms with Crippen LogP contribution in [-0.2, 0) is 5.41 Å². The van der Waals surface area contributed by atoms with Crippen LogP contribution in [0.25, 0.3) is 23.3 Å². The molecule has 1 aliphatic carbocycles. The molecule has 8 rings (SSSR count). The first-order chi connectivity index (χ1) is 24.1. The summed E-state index contributed by atoms with van der Waals surface area (Å²) in [6, 6.07) is 67.1. The van der Waals surface area contributed by atoms with E-state index >= 15 is 0 Å². The van der Waals surface area contributed by atoms with Crippen molar-refractivity contribution in [1.29, 1.82) is 0 Å². The first-order valence-electron chi connectivity index (χ1n) is 17.2. The van der Waals surface area contributed by atoms with Gasteiger partial charge >= 0.3 is 0 Å². The summed E-state index contributed by atoms with van der Waals surface area (Å²) in [7, 11) is -1.07. The Kier molecular flexibility index (Phi) is 8.46. The largest absolute Gasteiger partial charge is 0.241 e. The Morgan fingerprint density at radius 1 is 0.408 bits per heavy atom. The molecule has 0 fully saturated rings. The zero-order valence-electron chi connectivity index (χ0n) is 28.1. The molecule has 7 aromatic carbocycles. The summed E-state index contributed by atoms with van der Waals surface area (Å²) in [5, 5.41) is 4.22. The molecule has 0 saturated carbocycles. The van der Waals surface area contributed by atoms with E-state index < -0.39 is 7.92 Å². The molecule has 234 valence electrons. The fourth-order valence-electron chi connectivity index (χ4n) is 7.59. The summed E-state index contributed by atoms with van der Waals surface area (Å²) >= 11 is 0. The third-order valence-electron chi connectivity index (χ3n) is 10.1. The second kappa shape index (κ2) is 13.4. The molecule has 0 bridgehead atoms. The zero-order chi connectivity index (χ0) is 33.2. The fraction of sp³-hybridized carbons (Fsp3) is 0.0638. The summed E-state index contributed by atoms with van der Waals surface area (Å²) in [4.78, 5) is 0. The third kappa shape index (κ3) is 6.12. The van der Waals surface area contributed by atoms with Crippen LogP contribution in [0.15, 0.2) is 182 Å². The van der Waals surface area contributed by atoms with Crippen molar-refractivity contribution in [3.63, 3.8) is 0 Å². The van der Waals surface area contributed by atoms with Crippen LogP contribution < -0.4 is 32.3 Å². The Bertz CT molecular complexity index is 2140. The molecule has 0 radical (unpaired) electrons. The molecule has 49 heavy (non-hydrogen) atoms. The van der Waals surface area contributed by atoms with Crippen molar-refractivity contribution >= 4 is 59.1 Å². The minimum atomic E-state index is -1.07. The second-order valence-corrected chi connectivity index (χ2v) is 16.0. The van der Waals surface area contributed by atoms with Gasteiger partial charge < -0.3 is 0 Å². The van der Waals surface area contributed by atoms with E-state index in [-0.39, 0.29) is 12.1 Å². The van der Waals surface area contributed by atoms with Crippen LogP contribution in [0.4, 0.5) is 0 Å². The highest BCUT2D eigenvalue weighted by atomic mass is 31.1. The molecule has 0 unspecified atom stereocenters. The van der Waals surface area contributed by atoms with Crippen molar-refractivity contribution in [2.24, 2.45) is 0 Å². The summed E-state index contributed by atoms with van der Waals surface area (Å²) in [6.45, 7) is 4.95. The van der Waals surface area contributed by atoms with E-state index in [1.807, 2.05) is 0 Å². The minimum Gasteiger partial charge on any atom is -0.0687 e. The van der Waals surface area contributed by atoms with Gasteiger partial charge in [0.1, 0.15) is 15.9 Å². The second-order valence-electron chi connectivity index (χ2n) is 13.6. The monoisotopic (exact) mass is 645 g/mol. The van der Waals surface area contributed by atoms with E-state index in [2.05, 4.69) is 208 Å². The van der Waals surface area contributed by atoms with Crippen molar-refractivity contribution in [2.45, 2.75) is 19.3 Å². The lowest BCUT2D eigenvalue weighted by atomic mass is 9.36. The molecule has 0 atom stereocenters. The molecule has 0 spiro atoms. The van der Waals surface area contributed by atoms with Gasteiger partial charge in [-0.2, -0.15) is 0 Å². The molecule has 0 aliphatic heterocycles. The smallest absolute Gasteiger partial charge is 0.0687 e. The lowest BCUT2D eigenvalue weighted by Crippen LogP contribution is -2.52. The maximum Gasteiger partial charge on any atom is 0.241 e. The molecule has 0 amide bonds. The minimum absolute atomic E-state index is 0.0998. The predicted molar refractivity (Wildman–Crippen MR) is 217 cm³/mol. The normalized spacial score (nSPS) is 13.0. The van der Waals surface area contributed by atoms with Crippen LogP contribution in [0.3, 0.4) is 0 Å². The van der Waals surface area contributed by atoms with E-state index in [1.54, 1.807) is 0 Å². The molecule has 0 nitrogen and oxygen atoms in total. The number of benzene rings is 7. The van der Waals surface area contributed by atoms with Crippen LogP contribution in [0.5, 0.6) is 0 Å². The van der Waals surface area contributed by atoms with Gasteiger partial charge in [-0.05, 0) is 69.8 Å². The van der Waals surface area contributed by atoms with Crippen LogP contribution in [0, 0.1) is 0 Å². The summed E-state index contributed by atoms with van der Waals surface area (Å²) in [5.41, 5.74) is 11.8. The Labute approximate surface area is 292 Å². The number of fused-ring (bicyclic) bond motifs is 3. The Balaban J connectivity index is 1.07. The molecule has 7 aromatic rings. The molecule has 0 aromatic heterocycles. The molecular formula is C47H39BP+. The maximum absolute atomic E-state index is 2.47. The van der Waals surface area contributed by atoms with Gasteiger partial charge in [0.2, 0.25) is 6.71 Å². The van der Waals surface area contributed by atoms with Gasteiger partial charge in [0.05, 0.1) is 7.92 Å². The lowest BCUT2D eigenvalue weighted by molar-refractivity contribution is 0.660. The Morgan fingerprint density at radius 2 is 0.837 bits per heavy atom. The van der Waals surface area contributed by atoms with E-state index in [1.165, 1.54) is 65.7 Å². The summed E-state index contributed by atoms with van der Waals surface area (Å²) in [6.07, 6.45) is 4.52. The van der Waals surface area contributed by atoms with Crippen molar-refractivity contribution in [1.82, 2.24) is 0 Å². The topological polar surface area (TPSA) is 0 Å². The van der Waals surface area contributed by atoms with E-state index in [9.17, 15) is 0 Å². The predicted octanol–water partition coefficient (Wildman–Crippen LogP) is 8.17. The first-order valence-corrected chi connectivity index (χ1v) is 18.7. The van der Waals surface area contributed by atoms with Gasteiger partial charge in [0.25, 0.3) is 0 Å². The van der Waals surface area contributed by atoms with E-state index in [4.69, 9.17) is 0 Å². The quantitative estimate of drug-likeness (QED) is 0.0889. The van der Waals surface area contributed by atoms with Crippen LogP contribution in [0.2, 0.25) is 0 Å². The Hall–Kier alpha value is -5.23. The zero-order valence-corrected chi connectivity index (χ0v) is 29.1. The van der Waals surface area contributed by atoms with Crippen LogP contribution in [0.1, 0.15) is 36.1 Å². The average Bonchev–Trinajstić information content (AvgIpc) is 3.38. The molecule has 0 N–H and O–H groups in total. The molecule has 2 heteroatoms. The van der Waals surface area contributed by atoms with Crippen LogP contribution >= 0.6 is 7.92 Å². The van der Waals surface area contributed by atoms with Gasteiger partial charge in [-0.3, -0.25) is 0 Å². The lowest BCUT2D eigenvalue weighted by Gasteiger charge is -2.24. The van der Waals surface area contributed by atoms with Gasteiger partial charge in [-0.25, -0.2) is 0 Å². The van der Waals surface area contributed by atoms with Gasteiger partial charge in [0, 0.05) is 5.41 Å². The SMILES string of the molecule is CC1(C)c2cc(/C=C/c3ccc([PH+](c4ccccc4)c4ccccc4)cc3)ccc2-c2ccc(B(c3ccccc3)c3ccccc3)cc21.